The van der Waals surface area contributed by atoms with Crippen molar-refractivity contribution in [2.45, 2.75) is 64.8 Å². The third kappa shape index (κ3) is 5.37. The highest BCUT2D eigenvalue weighted by molar-refractivity contribution is 6.09. The molecule has 1 aromatic carbocycles. The largest absolute Gasteiger partial charge is 0.465 e. The molecule has 0 atom stereocenters. The van der Waals surface area contributed by atoms with E-state index >= 15 is 0 Å². The minimum Gasteiger partial charge on any atom is -0.465 e. The van der Waals surface area contributed by atoms with Gasteiger partial charge in [-0.3, -0.25) is 14.5 Å². The van der Waals surface area contributed by atoms with Crippen LogP contribution in [-0.2, 0) is 20.7 Å². The van der Waals surface area contributed by atoms with Gasteiger partial charge >= 0.3 is 12.0 Å². The number of methoxy groups -OCH3 is 1. The molecule has 180 valence electrons. The van der Waals surface area contributed by atoms with E-state index in [2.05, 4.69) is 36.1 Å². The number of nitrogens with one attached hydrogen (secondary N) is 2. The fraction of sp³-hybridized carbons (Fsp3) is 0.600. The molecule has 1 aliphatic heterocycles. The molecule has 2 N–H and O–H groups in total. The maximum atomic E-state index is 13.1. The van der Waals surface area contributed by atoms with Crippen LogP contribution in [0.2, 0.25) is 0 Å². The molecule has 33 heavy (non-hydrogen) atoms. The number of nitrogens with zero attached hydrogens (tertiary/aromatic N) is 1. The van der Waals surface area contributed by atoms with Crippen LogP contribution in [0.15, 0.2) is 24.3 Å². The summed E-state index contributed by atoms with van der Waals surface area (Å²) in [5.74, 6) is -0.531. The molecule has 3 rings (SSSR count). The van der Waals surface area contributed by atoms with E-state index in [1.54, 1.807) is 24.3 Å². The van der Waals surface area contributed by atoms with Crippen LogP contribution in [0.25, 0.3) is 0 Å². The second-order valence-corrected chi connectivity index (χ2v) is 9.81. The SMILES string of the molecule is CCC(C)(C)C1CCC2(CC1)NC(=O)N(CC(=O)NCCc1ccc(C(=O)OC)cc1)C2=O. The normalized spacial score (nSPS) is 22.9. The summed E-state index contributed by atoms with van der Waals surface area (Å²) in [6.45, 7) is 6.78. The van der Waals surface area contributed by atoms with Gasteiger partial charge in [0.25, 0.3) is 5.91 Å². The second-order valence-electron chi connectivity index (χ2n) is 9.81. The van der Waals surface area contributed by atoms with Crippen molar-refractivity contribution < 1.29 is 23.9 Å². The lowest BCUT2D eigenvalue weighted by molar-refractivity contribution is -0.136. The monoisotopic (exact) mass is 457 g/mol. The standard InChI is InChI=1S/C25H35N3O5/c1-5-24(2,3)19-10-13-25(14-11-19)22(31)28(23(32)27-25)16-20(29)26-15-12-17-6-8-18(9-7-17)21(30)33-4/h6-9,19H,5,10-16H2,1-4H3,(H,26,29)(H,27,32). The summed E-state index contributed by atoms with van der Waals surface area (Å²) < 4.78 is 4.68. The molecule has 0 radical (unpaired) electrons. The van der Waals surface area contributed by atoms with Gasteiger partial charge < -0.3 is 15.4 Å². The van der Waals surface area contributed by atoms with E-state index in [0.717, 1.165) is 29.7 Å². The molecule has 1 saturated heterocycles. The molecular formula is C25H35N3O5. The third-order valence-electron chi connectivity index (χ3n) is 7.51. The van der Waals surface area contributed by atoms with E-state index in [9.17, 15) is 19.2 Å². The predicted octanol–water partition coefficient (Wildman–Crippen LogP) is 3.05. The second kappa shape index (κ2) is 9.93. The number of benzene rings is 1. The summed E-state index contributed by atoms with van der Waals surface area (Å²) in [6.07, 6.45) is 4.65. The number of imide groups is 1. The molecule has 0 unspecified atom stereocenters. The molecule has 0 aromatic heterocycles. The summed E-state index contributed by atoms with van der Waals surface area (Å²) in [7, 11) is 1.33. The van der Waals surface area contributed by atoms with Gasteiger partial charge in [0, 0.05) is 6.54 Å². The summed E-state index contributed by atoms with van der Waals surface area (Å²) in [5, 5.41) is 5.65. The van der Waals surface area contributed by atoms with Crippen LogP contribution < -0.4 is 10.6 Å². The fourth-order valence-corrected chi connectivity index (χ4v) is 4.81. The Morgan fingerprint density at radius 3 is 2.39 bits per heavy atom. The van der Waals surface area contributed by atoms with E-state index in [4.69, 9.17) is 0 Å². The molecule has 1 heterocycles. The van der Waals surface area contributed by atoms with Gasteiger partial charge in [-0.2, -0.15) is 0 Å². The Bertz CT molecular complexity index is 901. The number of carbonyl (C=O) groups is 4. The highest BCUT2D eigenvalue weighted by Gasteiger charge is 2.53. The smallest absolute Gasteiger partial charge is 0.337 e. The van der Waals surface area contributed by atoms with E-state index in [-0.39, 0.29) is 23.8 Å². The number of hydrogen-bond acceptors (Lipinski definition) is 5. The van der Waals surface area contributed by atoms with Gasteiger partial charge in [0.05, 0.1) is 12.7 Å². The third-order valence-corrected chi connectivity index (χ3v) is 7.51. The van der Waals surface area contributed by atoms with Gasteiger partial charge in [-0.15, -0.1) is 0 Å². The van der Waals surface area contributed by atoms with E-state index in [0.29, 0.717) is 37.3 Å². The fourth-order valence-electron chi connectivity index (χ4n) is 4.81. The van der Waals surface area contributed by atoms with Crippen molar-refractivity contribution in [2.24, 2.45) is 11.3 Å². The van der Waals surface area contributed by atoms with E-state index < -0.39 is 17.5 Å². The quantitative estimate of drug-likeness (QED) is 0.461. The Labute approximate surface area is 195 Å². The van der Waals surface area contributed by atoms with Gasteiger partial charge in [-0.1, -0.05) is 39.3 Å². The minimum absolute atomic E-state index is 0.215. The van der Waals surface area contributed by atoms with Crippen LogP contribution in [0.5, 0.6) is 0 Å². The lowest BCUT2D eigenvalue weighted by Gasteiger charge is -2.42. The summed E-state index contributed by atoms with van der Waals surface area (Å²) >= 11 is 0. The molecule has 1 aromatic rings. The first-order chi connectivity index (χ1) is 15.6. The lowest BCUT2D eigenvalue weighted by atomic mass is 9.65. The Hall–Kier alpha value is -2.90. The number of carbonyl (C=O) groups excluding carboxylic acids is 4. The van der Waals surface area contributed by atoms with Crippen LogP contribution >= 0.6 is 0 Å². The van der Waals surface area contributed by atoms with Crippen molar-refractivity contribution in [3.8, 4) is 0 Å². The molecule has 0 bridgehead atoms. The van der Waals surface area contributed by atoms with Crippen molar-refractivity contribution in [2.75, 3.05) is 20.2 Å². The molecule has 1 aliphatic carbocycles. The van der Waals surface area contributed by atoms with Crippen molar-refractivity contribution in [3.05, 3.63) is 35.4 Å². The topological polar surface area (TPSA) is 105 Å². The zero-order valence-corrected chi connectivity index (χ0v) is 20.0. The van der Waals surface area contributed by atoms with Gasteiger partial charge in [0.2, 0.25) is 5.91 Å². The highest BCUT2D eigenvalue weighted by Crippen LogP contribution is 2.45. The summed E-state index contributed by atoms with van der Waals surface area (Å²) in [6, 6.07) is 6.46. The Balaban J connectivity index is 1.49. The van der Waals surface area contributed by atoms with E-state index in [1.807, 2.05) is 0 Å². The first-order valence-corrected chi connectivity index (χ1v) is 11.7. The molecule has 8 nitrogen and oxygen atoms in total. The van der Waals surface area contributed by atoms with Crippen molar-refractivity contribution in [1.29, 1.82) is 0 Å². The number of rotatable bonds is 8. The molecule has 2 fully saturated rings. The molecule has 8 heteroatoms. The maximum absolute atomic E-state index is 13.1. The van der Waals surface area contributed by atoms with Crippen molar-refractivity contribution in [3.63, 3.8) is 0 Å². The number of hydrogen-bond donors (Lipinski definition) is 2. The number of amides is 4. The number of esters is 1. The minimum atomic E-state index is -0.862. The van der Waals surface area contributed by atoms with Crippen LogP contribution in [-0.4, -0.2) is 54.5 Å². The van der Waals surface area contributed by atoms with Crippen LogP contribution in [0.1, 0.15) is 68.8 Å². The first kappa shape index (κ1) is 24.7. The molecule has 1 spiro atoms. The molecule has 4 amide bonds. The molecule has 1 saturated carbocycles. The van der Waals surface area contributed by atoms with Gasteiger partial charge in [0.1, 0.15) is 12.1 Å². The van der Waals surface area contributed by atoms with Gasteiger partial charge in [-0.25, -0.2) is 9.59 Å². The zero-order valence-electron chi connectivity index (χ0n) is 20.0. The van der Waals surface area contributed by atoms with Crippen LogP contribution in [0.4, 0.5) is 4.79 Å². The lowest BCUT2D eigenvalue weighted by Crippen LogP contribution is -2.51. The average molecular weight is 458 g/mol. The average Bonchev–Trinajstić information content (AvgIpc) is 3.03. The van der Waals surface area contributed by atoms with Gasteiger partial charge in [0.15, 0.2) is 0 Å². The van der Waals surface area contributed by atoms with Crippen molar-refractivity contribution in [1.82, 2.24) is 15.5 Å². The van der Waals surface area contributed by atoms with Crippen LogP contribution in [0.3, 0.4) is 0 Å². The predicted molar refractivity (Wildman–Crippen MR) is 124 cm³/mol. The van der Waals surface area contributed by atoms with Gasteiger partial charge in [-0.05, 0) is 61.1 Å². The van der Waals surface area contributed by atoms with E-state index in [1.165, 1.54) is 7.11 Å². The Morgan fingerprint density at radius 1 is 1.18 bits per heavy atom. The summed E-state index contributed by atoms with van der Waals surface area (Å²) in [5.41, 5.74) is 0.764. The molecule has 2 aliphatic rings. The van der Waals surface area contributed by atoms with Crippen LogP contribution in [0, 0.1) is 11.3 Å². The Morgan fingerprint density at radius 2 is 1.82 bits per heavy atom. The zero-order chi connectivity index (χ0) is 24.2. The highest BCUT2D eigenvalue weighted by atomic mass is 16.5. The number of urea groups is 1. The summed E-state index contributed by atoms with van der Waals surface area (Å²) in [4.78, 5) is 50.5. The van der Waals surface area contributed by atoms with Crippen molar-refractivity contribution >= 4 is 23.8 Å². The first-order valence-electron chi connectivity index (χ1n) is 11.7. The maximum Gasteiger partial charge on any atom is 0.337 e. The number of ether oxygens (including phenoxy) is 1. The Kier molecular flexibility index (Phi) is 7.44. The molecular weight excluding hydrogens is 422 g/mol.